The molecular formula is C22H19ClFNO2. The van der Waals surface area contributed by atoms with Crippen LogP contribution in [0.1, 0.15) is 22.8 Å². The fraction of sp³-hybridized carbons (Fsp3) is 0.136. The Morgan fingerprint density at radius 2 is 1.67 bits per heavy atom. The SMILES string of the molecule is C[C@](O)(CNC(=O)c1ccc(F)cc1Cl)c1ccc(-c2ccccc2)cc1. The zero-order valence-electron chi connectivity index (χ0n) is 14.7. The summed E-state index contributed by atoms with van der Waals surface area (Å²) in [6, 6.07) is 21.0. The quantitative estimate of drug-likeness (QED) is 0.666. The molecule has 0 aliphatic carbocycles. The number of carbonyl (C=O) groups is 1. The van der Waals surface area contributed by atoms with Crippen molar-refractivity contribution in [1.29, 1.82) is 0 Å². The summed E-state index contributed by atoms with van der Waals surface area (Å²) in [5.41, 5.74) is 1.69. The summed E-state index contributed by atoms with van der Waals surface area (Å²) in [5, 5.41) is 13.4. The summed E-state index contributed by atoms with van der Waals surface area (Å²) in [6.07, 6.45) is 0. The van der Waals surface area contributed by atoms with Gasteiger partial charge in [-0.2, -0.15) is 0 Å². The van der Waals surface area contributed by atoms with Crippen LogP contribution in [0.25, 0.3) is 11.1 Å². The molecule has 0 aliphatic rings. The minimum absolute atomic E-state index is 0.00970. The molecule has 0 saturated heterocycles. The molecule has 1 amide bonds. The average Bonchev–Trinajstić information content (AvgIpc) is 2.67. The van der Waals surface area contributed by atoms with E-state index >= 15 is 0 Å². The van der Waals surface area contributed by atoms with Crippen LogP contribution in [0.2, 0.25) is 5.02 Å². The van der Waals surface area contributed by atoms with Gasteiger partial charge in [0.2, 0.25) is 0 Å². The van der Waals surface area contributed by atoms with Gasteiger partial charge in [0.1, 0.15) is 11.4 Å². The fourth-order valence-corrected chi connectivity index (χ4v) is 3.03. The van der Waals surface area contributed by atoms with E-state index in [2.05, 4.69) is 5.32 Å². The standard InChI is InChI=1S/C22H19ClFNO2/c1-22(27,14-25-21(26)19-12-11-18(24)13-20(19)23)17-9-7-16(8-10-17)15-5-3-2-4-6-15/h2-13,27H,14H2,1H3,(H,25,26)/t22-/m0/s1. The number of rotatable bonds is 5. The van der Waals surface area contributed by atoms with Crippen LogP contribution < -0.4 is 5.32 Å². The molecule has 27 heavy (non-hydrogen) atoms. The molecule has 3 aromatic carbocycles. The molecule has 0 aliphatic heterocycles. The van der Waals surface area contributed by atoms with Crippen molar-refractivity contribution in [1.82, 2.24) is 5.32 Å². The first-order valence-corrected chi connectivity index (χ1v) is 8.86. The third kappa shape index (κ3) is 4.54. The van der Waals surface area contributed by atoms with Gasteiger partial charge >= 0.3 is 0 Å². The zero-order chi connectivity index (χ0) is 19.4. The highest BCUT2D eigenvalue weighted by atomic mass is 35.5. The van der Waals surface area contributed by atoms with Crippen molar-refractivity contribution in [2.24, 2.45) is 0 Å². The second kappa shape index (κ2) is 7.91. The summed E-state index contributed by atoms with van der Waals surface area (Å²) < 4.78 is 13.1. The number of carbonyl (C=O) groups excluding carboxylic acids is 1. The van der Waals surface area contributed by atoms with E-state index in [1.165, 1.54) is 12.1 Å². The number of amides is 1. The number of hydrogen-bond donors (Lipinski definition) is 2. The summed E-state index contributed by atoms with van der Waals surface area (Å²) in [4.78, 5) is 12.3. The molecule has 0 heterocycles. The van der Waals surface area contributed by atoms with Crippen molar-refractivity contribution < 1.29 is 14.3 Å². The van der Waals surface area contributed by atoms with Crippen molar-refractivity contribution in [2.45, 2.75) is 12.5 Å². The van der Waals surface area contributed by atoms with Crippen LogP contribution in [-0.4, -0.2) is 17.6 Å². The number of nitrogens with one attached hydrogen (secondary N) is 1. The summed E-state index contributed by atoms with van der Waals surface area (Å²) in [7, 11) is 0. The average molecular weight is 384 g/mol. The fourth-order valence-electron chi connectivity index (χ4n) is 2.78. The third-order valence-electron chi connectivity index (χ3n) is 4.38. The second-order valence-electron chi connectivity index (χ2n) is 6.52. The predicted octanol–water partition coefficient (Wildman–Crippen LogP) is 4.78. The van der Waals surface area contributed by atoms with Gasteiger partial charge in [0.05, 0.1) is 17.1 Å². The van der Waals surface area contributed by atoms with Gasteiger partial charge in [0.15, 0.2) is 0 Å². The lowest BCUT2D eigenvalue weighted by Gasteiger charge is -2.24. The monoisotopic (exact) mass is 383 g/mol. The third-order valence-corrected chi connectivity index (χ3v) is 4.70. The number of halogens is 2. The van der Waals surface area contributed by atoms with Crippen molar-refractivity contribution in [2.75, 3.05) is 6.54 Å². The van der Waals surface area contributed by atoms with E-state index in [4.69, 9.17) is 11.6 Å². The maximum absolute atomic E-state index is 13.1. The molecule has 3 aromatic rings. The van der Waals surface area contributed by atoms with Crippen LogP contribution in [0, 0.1) is 5.82 Å². The van der Waals surface area contributed by atoms with Crippen LogP contribution in [0.5, 0.6) is 0 Å². The number of hydrogen-bond acceptors (Lipinski definition) is 2. The van der Waals surface area contributed by atoms with E-state index in [1.807, 2.05) is 54.6 Å². The summed E-state index contributed by atoms with van der Waals surface area (Å²) in [5.74, 6) is -0.983. The lowest BCUT2D eigenvalue weighted by Crippen LogP contribution is -2.38. The maximum atomic E-state index is 13.1. The molecule has 2 N–H and O–H groups in total. The molecule has 0 spiro atoms. The maximum Gasteiger partial charge on any atom is 0.252 e. The van der Waals surface area contributed by atoms with Crippen molar-refractivity contribution in [3.05, 3.63) is 94.8 Å². The first-order chi connectivity index (χ1) is 12.9. The zero-order valence-corrected chi connectivity index (χ0v) is 15.5. The van der Waals surface area contributed by atoms with E-state index in [1.54, 1.807) is 6.92 Å². The summed E-state index contributed by atoms with van der Waals surface area (Å²) >= 11 is 5.90. The van der Waals surface area contributed by atoms with Gasteiger partial charge in [-0.25, -0.2) is 4.39 Å². The van der Waals surface area contributed by atoms with Crippen molar-refractivity contribution >= 4 is 17.5 Å². The Morgan fingerprint density at radius 3 is 2.30 bits per heavy atom. The highest BCUT2D eigenvalue weighted by Crippen LogP contribution is 2.25. The normalized spacial score (nSPS) is 13.0. The molecule has 3 rings (SSSR count). The van der Waals surface area contributed by atoms with Gasteiger partial charge in [-0.1, -0.05) is 66.2 Å². The van der Waals surface area contributed by atoms with Crippen LogP contribution >= 0.6 is 11.6 Å². The van der Waals surface area contributed by atoms with Gasteiger partial charge in [-0.05, 0) is 41.8 Å². The van der Waals surface area contributed by atoms with Crippen LogP contribution in [0.4, 0.5) is 4.39 Å². The van der Waals surface area contributed by atoms with Gasteiger partial charge in [0.25, 0.3) is 5.91 Å². The Balaban J connectivity index is 1.70. The minimum Gasteiger partial charge on any atom is -0.384 e. The van der Waals surface area contributed by atoms with Gasteiger partial charge in [-0.3, -0.25) is 4.79 Å². The molecule has 3 nitrogen and oxygen atoms in total. The van der Waals surface area contributed by atoms with E-state index in [0.717, 1.165) is 17.2 Å². The molecule has 138 valence electrons. The molecule has 0 radical (unpaired) electrons. The molecule has 0 bridgehead atoms. The first-order valence-electron chi connectivity index (χ1n) is 8.48. The van der Waals surface area contributed by atoms with Gasteiger partial charge in [0, 0.05) is 0 Å². The van der Waals surface area contributed by atoms with Crippen molar-refractivity contribution in [3.8, 4) is 11.1 Å². The first kappa shape index (κ1) is 19.1. The van der Waals surface area contributed by atoms with Gasteiger partial charge < -0.3 is 10.4 Å². The summed E-state index contributed by atoms with van der Waals surface area (Å²) in [6.45, 7) is 1.61. The van der Waals surface area contributed by atoms with E-state index in [-0.39, 0.29) is 17.1 Å². The molecule has 1 atom stereocenters. The van der Waals surface area contributed by atoms with E-state index < -0.39 is 17.3 Å². The smallest absolute Gasteiger partial charge is 0.252 e. The van der Waals surface area contributed by atoms with Crippen LogP contribution in [-0.2, 0) is 5.60 Å². The lowest BCUT2D eigenvalue weighted by molar-refractivity contribution is 0.0526. The van der Waals surface area contributed by atoms with Crippen LogP contribution in [0.3, 0.4) is 0 Å². The van der Waals surface area contributed by atoms with Crippen molar-refractivity contribution in [3.63, 3.8) is 0 Å². The highest BCUT2D eigenvalue weighted by molar-refractivity contribution is 6.33. The minimum atomic E-state index is -1.27. The predicted molar refractivity (Wildman–Crippen MR) is 105 cm³/mol. The molecule has 0 fully saturated rings. The largest absolute Gasteiger partial charge is 0.384 e. The lowest BCUT2D eigenvalue weighted by atomic mass is 9.93. The molecule has 0 unspecified atom stereocenters. The van der Waals surface area contributed by atoms with Gasteiger partial charge in [-0.15, -0.1) is 0 Å². The van der Waals surface area contributed by atoms with E-state index in [0.29, 0.717) is 5.56 Å². The van der Waals surface area contributed by atoms with Crippen LogP contribution in [0.15, 0.2) is 72.8 Å². The molecule has 0 saturated carbocycles. The molecular weight excluding hydrogens is 365 g/mol. The topological polar surface area (TPSA) is 49.3 Å². The number of aliphatic hydroxyl groups is 1. The second-order valence-corrected chi connectivity index (χ2v) is 6.93. The van der Waals surface area contributed by atoms with E-state index in [9.17, 15) is 14.3 Å². The Morgan fingerprint density at radius 1 is 1.04 bits per heavy atom. The Kier molecular flexibility index (Phi) is 5.59. The Labute approximate surface area is 162 Å². The Bertz CT molecular complexity index is 940. The Hall–Kier alpha value is -2.69. The molecule has 0 aromatic heterocycles. The number of benzene rings is 3. The molecule has 5 heteroatoms. The highest BCUT2D eigenvalue weighted by Gasteiger charge is 2.24.